The summed E-state index contributed by atoms with van der Waals surface area (Å²) in [5.74, 6) is 3.04. The summed E-state index contributed by atoms with van der Waals surface area (Å²) < 4.78 is 25.6. The second-order valence-corrected chi connectivity index (χ2v) is 7.27. The van der Waals surface area contributed by atoms with Gasteiger partial charge in [-0.2, -0.15) is 4.57 Å². The number of benzene rings is 3. The Kier molecular flexibility index (Phi) is 5.85. The zero-order valence-corrected chi connectivity index (χ0v) is 18.7. The predicted octanol–water partition coefficient (Wildman–Crippen LogP) is 5.39. The smallest absolute Gasteiger partial charge is 0.217 e. The molecule has 0 unspecified atom stereocenters. The molecule has 0 aliphatic carbocycles. The molecule has 0 amide bonds. The molecule has 4 rings (SSSR count). The zero-order chi connectivity index (χ0) is 22.0. The third kappa shape index (κ3) is 3.30. The van der Waals surface area contributed by atoms with E-state index in [-0.39, 0.29) is 0 Å². The van der Waals surface area contributed by atoms with Crippen LogP contribution < -0.4 is 23.5 Å². The van der Waals surface area contributed by atoms with Gasteiger partial charge < -0.3 is 18.9 Å². The molecule has 0 fully saturated rings. The molecule has 0 saturated carbocycles. The number of rotatable bonds is 7. The molecule has 0 spiro atoms. The fraction of sp³-hybridized carbons (Fsp3) is 0.269. The molecule has 1 heterocycles. The number of hydrogen-bond acceptors (Lipinski definition) is 4. The van der Waals surface area contributed by atoms with Gasteiger partial charge in [-0.15, -0.1) is 0 Å². The van der Waals surface area contributed by atoms with Crippen molar-refractivity contribution in [3.63, 3.8) is 0 Å². The predicted molar refractivity (Wildman–Crippen MR) is 124 cm³/mol. The van der Waals surface area contributed by atoms with Gasteiger partial charge in [0.1, 0.15) is 29.5 Å². The van der Waals surface area contributed by atoms with E-state index in [1.807, 2.05) is 42.5 Å². The lowest BCUT2D eigenvalue weighted by Gasteiger charge is -2.19. The number of aryl methyl sites for hydroxylation is 1. The summed E-state index contributed by atoms with van der Waals surface area (Å²) in [7, 11) is 6.76. The molecular formula is C26H28NO4+. The van der Waals surface area contributed by atoms with Crippen molar-refractivity contribution in [3.8, 4) is 34.1 Å². The van der Waals surface area contributed by atoms with Crippen LogP contribution in [0.2, 0.25) is 0 Å². The quantitative estimate of drug-likeness (QED) is 0.298. The molecule has 0 atom stereocenters. The normalized spacial score (nSPS) is 11.0. The topological polar surface area (TPSA) is 40.8 Å². The second-order valence-electron chi connectivity index (χ2n) is 7.27. The number of nitrogens with zero attached hydrogens (tertiary/aromatic N) is 1. The van der Waals surface area contributed by atoms with Gasteiger partial charge in [0.15, 0.2) is 0 Å². The Labute approximate surface area is 182 Å². The van der Waals surface area contributed by atoms with E-state index in [1.54, 1.807) is 28.4 Å². The molecule has 0 radical (unpaired) electrons. The Morgan fingerprint density at radius 2 is 1.00 bits per heavy atom. The third-order valence-corrected chi connectivity index (χ3v) is 5.65. The molecule has 0 bridgehead atoms. The van der Waals surface area contributed by atoms with Gasteiger partial charge in [-0.25, -0.2) is 0 Å². The Bertz CT molecular complexity index is 1160. The van der Waals surface area contributed by atoms with Gasteiger partial charge in [-0.1, -0.05) is 25.1 Å². The average Bonchev–Trinajstić information content (AvgIpc) is 2.82. The third-order valence-electron chi connectivity index (χ3n) is 5.65. The number of fused-ring (bicyclic) bond motifs is 2. The Balaban J connectivity index is 2.36. The SMILES string of the molecule is CCC[n+]1c2cccc(OC)c2c(-c2c(OC)cccc2OC)c2c(OC)cccc21. The van der Waals surface area contributed by atoms with Crippen LogP contribution in [0.4, 0.5) is 0 Å². The van der Waals surface area contributed by atoms with Gasteiger partial charge in [0, 0.05) is 24.1 Å². The number of pyridine rings is 1. The summed E-state index contributed by atoms with van der Waals surface area (Å²) >= 11 is 0. The average molecular weight is 419 g/mol. The molecule has 1 aromatic heterocycles. The highest BCUT2D eigenvalue weighted by atomic mass is 16.5. The maximum absolute atomic E-state index is 5.86. The van der Waals surface area contributed by atoms with Crippen LogP contribution in [0.1, 0.15) is 13.3 Å². The van der Waals surface area contributed by atoms with Crippen LogP contribution in [0.5, 0.6) is 23.0 Å². The summed E-state index contributed by atoms with van der Waals surface area (Å²) in [6.07, 6.45) is 1.00. The van der Waals surface area contributed by atoms with Crippen LogP contribution in [0, 0.1) is 0 Å². The van der Waals surface area contributed by atoms with Crippen molar-refractivity contribution >= 4 is 21.8 Å². The molecular weight excluding hydrogens is 390 g/mol. The highest BCUT2D eigenvalue weighted by Gasteiger charge is 2.29. The zero-order valence-electron chi connectivity index (χ0n) is 18.7. The standard InChI is InChI=1S/C26H28NO4/c1-6-16-27-17-10-7-12-19(28-2)23(17)26(24-18(27)11-8-13-20(24)29-3)25-21(30-4)14-9-15-22(25)31-5/h7-15H,6,16H2,1-5H3/q+1. The first kappa shape index (κ1) is 20.8. The minimum Gasteiger partial charge on any atom is -0.496 e. The van der Waals surface area contributed by atoms with Crippen molar-refractivity contribution in [1.29, 1.82) is 0 Å². The molecule has 160 valence electrons. The summed E-state index contributed by atoms with van der Waals surface area (Å²) in [6, 6.07) is 18.2. The van der Waals surface area contributed by atoms with Gasteiger partial charge in [0.25, 0.3) is 0 Å². The van der Waals surface area contributed by atoms with E-state index in [0.717, 1.165) is 68.9 Å². The van der Waals surface area contributed by atoms with E-state index in [9.17, 15) is 0 Å². The number of aromatic nitrogens is 1. The van der Waals surface area contributed by atoms with Crippen LogP contribution in [-0.2, 0) is 6.54 Å². The molecule has 5 nitrogen and oxygen atoms in total. The van der Waals surface area contributed by atoms with Gasteiger partial charge >= 0.3 is 0 Å². The molecule has 5 heteroatoms. The molecule has 0 aliphatic heterocycles. The van der Waals surface area contributed by atoms with Crippen LogP contribution in [0.25, 0.3) is 32.9 Å². The maximum atomic E-state index is 5.86. The van der Waals surface area contributed by atoms with Crippen molar-refractivity contribution in [2.24, 2.45) is 0 Å². The second kappa shape index (κ2) is 8.72. The minimum absolute atomic E-state index is 0.729. The van der Waals surface area contributed by atoms with E-state index in [1.165, 1.54) is 0 Å². The fourth-order valence-corrected chi connectivity index (χ4v) is 4.40. The Hall–Kier alpha value is -3.47. The number of ether oxygens (including phenoxy) is 4. The lowest BCUT2D eigenvalue weighted by Crippen LogP contribution is -2.35. The molecule has 0 N–H and O–H groups in total. The van der Waals surface area contributed by atoms with E-state index in [4.69, 9.17) is 18.9 Å². The molecule has 0 saturated heterocycles. The van der Waals surface area contributed by atoms with Gasteiger partial charge in [-0.3, -0.25) is 0 Å². The minimum atomic E-state index is 0.729. The van der Waals surface area contributed by atoms with Crippen LogP contribution in [-0.4, -0.2) is 28.4 Å². The molecule has 4 aromatic rings. The molecule has 0 aliphatic rings. The van der Waals surface area contributed by atoms with Crippen molar-refractivity contribution in [2.75, 3.05) is 28.4 Å². The Morgan fingerprint density at radius 3 is 1.42 bits per heavy atom. The fourth-order valence-electron chi connectivity index (χ4n) is 4.40. The van der Waals surface area contributed by atoms with Gasteiger partial charge in [0.2, 0.25) is 11.0 Å². The van der Waals surface area contributed by atoms with Gasteiger partial charge in [0.05, 0.1) is 44.8 Å². The first-order chi connectivity index (χ1) is 15.2. The highest BCUT2D eigenvalue weighted by Crippen LogP contribution is 2.48. The van der Waals surface area contributed by atoms with Crippen molar-refractivity contribution < 1.29 is 23.5 Å². The van der Waals surface area contributed by atoms with Crippen LogP contribution in [0.3, 0.4) is 0 Å². The first-order valence-electron chi connectivity index (χ1n) is 10.4. The number of methoxy groups -OCH3 is 4. The van der Waals surface area contributed by atoms with E-state index in [2.05, 4.69) is 23.6 Å². The van der Waals surface area contributed by atoms with Crippen molar-refractivity contribution in [2.45, 2.75) is 19.9 Å². The first-order valence-corrected chi connectivity index (χ1v) is 10.4. The largest absolute Gasteiger partial charge is 0.496 e. The maximum Gasteiger partial charge on any atom is 0.217 e. The highest BCUT2D eigenvalue weighted by molar-refractivity contribution is 6.13. The lowest BCUT2D eigenvalue weighted by molar-refractivity contribution is -0.645. The van der Waals surface area contributed by atoms with Crippen LogP contribution in [0.15, 0.2) is 54.6 Å². The monoisotopic (exact) mass is 418 g/mol. The van der Waals surface area contributed by atoms with E-state index in [0.29, 0.717) is 0 Å². The summed E-state index contributed by atoms with van der Waals surface area (Å²) in [5.41, 5.74) is 4.02. The van der Waals surface area contributed by atoms with Crippen LogP contribution >= 0.6 is 0 Å². The van der Waals surface area contributed by atoms with Crippen molar-refractivity contribution in [3.05, 3.63) is 54.6 Å². The van der Waals surface area contributed by atoms with Crippen molar-refractivity contribution in [1.82, 2.24) is 0 Å². The molecule has 31 heavy (non-hydrogen) atoms. The lowest BCUT2D eigenvalue weighted by atomic mass is 9.93. The van der Waals surface area contributed by atoms with Gasteiger partial charge in [-0.05, 0) is 24.3 Å². The van der Waals surface area contributed by atoms with E-state index < -0.39 is 0 Å². The Morgan fingerprint density at radius 1 is 0.581 bits per heavy atom. The summed E-state index contributed by atoms with van der Waals surface area (Å²) in [4.78, 5) is 0. The van der Waals surface area contributed by atoms with E-state index >= 15 is 0 Å². The summed E-state index contributed by atoms with van der Waals surface area (Å²) in [6.45, 7) is 3.05. The number of hydrogen-bond donors (Lipinski definition) is 0. The summed E-state index contributed by atoms with van der Waals surface area (Å²) in [5, 5.41) is 2.00. The molecule has 3 aromatic carbocycles.